The Bertz CT molecular complexity index is 688. The first-order valence-corrected chi connectivity index (χ1v) is 7.18. The van der Waals surface area contributed by atoms with E-state index in [-0.39, 0.29) is 0 Å². The highest BCUT2D eigenvalue weighted by molar-refractivity contribution is 9.10. The van der Waals surface area contributed by atoms with E-state index in [1.807, 2.05) is 31.3 Å². The van der Waals surface area contributed by atoms with Crippen LogP contribution in [0.15, 0.2) is 34.2 Å². The van der Waals surface area contributed by atoms with Gasteiger partial charge in [0.2, 0.25) is 5.95 Å². The average Bonchev–Trinajstić information content (AvgIpc) is 2.92. The summed E-state index contributed by atoms with van der Waals surface area (Å²) in [6, 6.07) is 6.07. The van der Waals surface area contributed by atoms with Gasteiger partial charge in [0.25, 0.3) is 0 Å². The van der Waals surface area contributed by atoms with Crippen molar-refractivity contribution in [3.63, 3.8) is 0 Å². The third kappa shape index (κ3) is 2.26. The Hall–Kier alpha value is -1.40. The molecule has 0 saturated carbocycles. The first-order chi connectivity index (χ1) is 8.72. The Balaban J connectivity index is 1.81. The predicted octanol–water partition coefficient (Wildman–Crippen LogP) is 3.47. The van der Waals surface area contributed by atoms with Crippen LogP contribution in [0.5, 0.6) is 0 Å². The average molecular weight is 323 g/mol. The van der Waals surface area contributed by atoms with Crippen molar-refractivity contribution in [2.45, 2.75) is 13.5 Å². The minimum atomic E-state index is 0.654. The molecule has 1 N–H and O–H groups in total. The summed E-state index contributed by atoms with van der Waals surface area (Å²) in [5.74, 6) is 0.654. The molecule has 6 heteroatoms. The number of hydrogen-bond donors (Lipinski definition) is 1. The number of hydrogen-bond acceptors (Lipinski definition) is 4. The fraction of sp³-hybridized carbons (Fsp3) is 0.167. The van der Waals surface area contributed by atoms with Gasteiger partial charge in [0.15, 0.2) is 5.65 Å². The highest BCUT2D eigenvalue weighted by Crippen LogP contribution is 2.23. The van der Waals surface area contributed by atoms with Crippen LogP contribution in [0.4, 0.5) is 5.95 Å². The highest BCUT2D eigenvalue weighted by Gasteiger charge is 2.05. The van der Waals surface area contributed by atoms with Crippen LogP contribution >= 0.6 is 27.3 Å². The van der Waals surface area contributed by atoms with Crippen LogP contribution in [0, 0.1) is 6.92 Å². The highest BCUT2D eigenvalue weighted by atomic mass is 79.9. The van der Waals surface area contributed by atoms with Crippen LogP contribution in [0.2, 0.25) is 0 Å². The number of rotatable bonds is 3. The molecular formula is C12H11BrN4S. The Morgan fingerprint density at radius 3 is 3.11 bits per heavy atom. The molecule has 4 nitrogen and oxygen atoms in total. The van der Waals surface area contributed by atoms with Crippen LogP contribution in [0.1, 0.15) is 10.4 Å². The maximum absolute atomic E-state index is 4.43. The van der Waals surface area contributed by atoms with E-state index >= 15 is 0 Å². The Labute approximate surface area is 117 Å². The topological polar surface area (TPSA) is 42.2 Å². The molecular weight excluding hydrogens is 312 g/mol. The molecule has 3 aromatic rings. The Morgan fingerprint density at radius 2 is 2.33 bits per heavy atom. The molecule has 3 aromatic heterocycles. The number of aromatic nitrogens is 3. The molecule has 0 unspecified atom stereocenters. The molecule has 0 spiro atoms. The molecule has 3 heterocycles. The Morgan fingerprint density at radius 1 is 1.44 bits per heavy atom. The van der Waals surface area contributed by atoms with Gasteiger partial charge in [-0.15, -0.1) is 16.4 Å². The van der Waals surface area contributed by atoms with E-state index in [1.165, 1.54) is 10.4 Å². The minimum absolute atomic E-state index is 0.654. The Kier molecular flexibility index (Phi) is 3.05. The summed E-state index contributed by atoms with van der Waals surface area (Å²) < 4.78 is 2.90. The van der Waals surface area contributed by atoms with Gasteiger partial charge in [-0.05, 0) is 52.0 Å². The lowest BCUT2D eigenvalue weighted by Crippen LogP contribution is -1.99. The number of thiophene rings is 1. The zero-order valence-corrected chi connectivity index (χ0v) is 12.1. The fourth-order valence-corrected chi connectivity index (χ4v) is 3.10. The van der Waals surface area contributed by atoms with Gasteiger partial charge in [0.1, 0.15) is 0 Å². The van der Waals surface area contributed by atoms with Gasteiger partial charge in [0, 0.05) is 15.5 Å². The number of halogens is 1. The molecule has 0 atom stereocenters. The molecule has 18 heavy (non-hydrogen) atoms. The number of nitrogens with zero attached hydrogens (tertiary/aromatic N) is 3. The summed E-state index contributed by atoms with van der Waals surface area (Å²) in [6.45, 7) is 2.78. The monoisotopic (exact) mass is 322 g/mol. The molecule has 0 aliphatic rings. The lowest BCUT2D eigenvalue weighted by molar-refractivity contribution is 0.949. The van der Waals surface area contributed by atoms with Gasteiger partial charge in [0.05, 0.1) is 6.54 Å². The van der Waals surface area contributed by atoms with Crippen LogP contribution < -0.4 is 5.32 Å². The van der Waals surface area contributed by atoms with E-state index < -0.39 is 0 Å². The maximum atomic E-state index is 4.43. The molecule has 92 valence electrons. The van der Waals surface area contributed by atoms with E-state index in [4.69, 9.17) is 0 Å². The molecule has 0 aromatic carbocycles. The minimum Gasteiger partial charge on any atom is -0.348 e. The molecule has 0 bridgehead atoms. The number of aryl methyl sites for hydroxylation is 1. The van der Waals surface area contributed by atoms with Gasteiger partial charge in [-0.25, -0.2) is 4.52 Å². The van der Waals surface area contributed by atoms with E-state index in [0.717, 1.165) is 16.7 Å². The summed E-state index contributed by atoms with van der Waals surface area (Å²) >= 11 is 5.21. The second-order valence-corrected chi connectivity index (χ2v) is 5.84. The second-order valence-electron chi connectivity index (χ2n) is 3.99. The smallest absolute Gasteiger partial charge is 0.243 e. The van der Waals surface area contributed by atoms with Crippen molar-refractivity contribution >= 4 is 38.9 Å². The van der Waals surface area contributed by atoms with Gasteiger partial charge in [-0.1, -0.05) is 0 Å². The first-order valence-electron chi connectivity index (χ1n) is 5.51. The lowest BCUT2D eigenvalue weighted by atomic mass is 10.3. The van der Waals surface area contributed by atoms with Crippen molar-refractivity contribution in [3.05, 3.63) is 44.7 Å². The molecule has 3 rings (SSSR count). The van der Waals surface area contributed by atoms with Crippen LogP contribution in [0.25, 0.3) is 5.65 Å². The van der Waals surface area contributed by atoms with Crippen molar-refractivity contribution in [3.8, 4) is 0 Å². The normalized spacial score (nSPS) is 11.0. The standard InChI is InChI=1S/C12H11BrN4S/c1-8-2-4-17-11(6-8)15-12(16-17)14-7-10-9(13)3-5-18-10/h2-6H,7H2,1H3,(H,14,16). The summed E-state index contributed by atoms with van der Waals surface area (Å²) in [6.07, 6.45) is 1.92. The fourth-order valence-electron chi connectivity index (χ4n) is 1.67. The van der Waals surface area contributed by atoms with Crippen molar-refractivity contribution in [1.29, 1.82) is 0 Å². The van der Waals surface area contributed by atoms with E-state index in [1.54, 1.807) is 15.9 Å². The van der Waals surface area contributed by atoms with Gasteiger partial charge >= 0.3 is 0 Å². The zero-order valence-electron chi connectivity index (χ0n) is 9.72. The van der Waals surface area contributed by atoms with Crippen LogP contribution in [-0.2, 0) is 6.54 Å². The quantitative estimate of drug-likeness (QED) is 0.802. The molecule has 0 amide bonds. The molecule has 0 aliphatic heterocycles. The number of pyridine rings is 1. The summed E-state index contributed by atoms with van der Waals surface area (Å²) in [5.41, 5.74) is 2.05. The SMILES string of the molecule is Cc1ccn2nc(NCc3sccc3Br)nc2c1. The molecule has 0 saturated heterocycles. The van der Waals surface area contributed by atoms with Crippen molar-refractivity contribution in [1.82, 2.24) is 14.6 Å². The summed E-state index contributed by atoms with van der Waals surface area (Å²) in [4.78, 5) is 5.67. The second kappa shape index (κ2) is 4.70. The maximum Gasteiger partial charge on any atom is 0.243 e. The van der Waals surface area contributed by atoms with Crippen LogP contribution in [-0.4, -0.2) is 14.6 Å². The third-order valence-electron chi connectivity index (χ3n) is 2.59. The third-order valence-corrected chi connectivity index (χ3v) is 4.52. The number of fused-ring (bicyclic) bond motifs is 1. The number of nitrogens with one attached hydrogen (secondary N) is 1. The van der Waals surface area contributed by atoms with Crippen molar-refractivity contribution < 1.29 is 0 Å². The molecule has 0 aliphatic carbocycles. The van der Waals surface area contributed by atoms with Crippen molar-refractivity contribution in [2.75, 3.05) is 5.32 Å². The van der Waals surface area contributed by atoms with E-state index in [9.17, 15) is 0 Å². The summed E-state index contributed by atoms with van der Waals surface area (Å²) in [7, 11) is 0. The summed E-state index contributed by atoms with van der Waals surface area (Å²) in [5, 5.41) is 9.66. The zero-order chi connectivity index (χ0) is 12.5. The largest absolute Gasteiger partial charge is 0.348 e. The predicted molar refractivity (Wildman–Crippen MR) is 77.1 cm³/mol. The lowest BCUT2D eigenvalue weighted by Gasteiger charge is -1.98. The van der Waals surface area contributed by atoms with E-state index in [0.29, 0.717) is 5.95 Å². The van der Waals surface area contributed by atoms with E-state index in [2.05, 4.69) is 36.7 Å². The van der Waals surface area contributed by atoms with Gasteiger partial charge < -0.3 is 5.32 Å². The van der Waals surface area contributed by atoms with Gasteiger partial charge in [-0.3, -0.25) is 0 Å². The van der Waals surface area contributed by atoms with Gasteiger partial charge in [-0.2, -0.15) is 4.98 Å². The first kappa shape index (κ1) is 11.7. The number of anilines is 1. The van der Waals surface area contributed by atoms with Crippen LogP contribution in [0.3, 0.4) is 0 Å². The van der Waals surface area contributed by atoms with Crippen molar-refractivity contribution in [2.24, 2.45) is 0 Å². The molecule has 0 fully saturated rings. The molecule has 0 radical (unpaired) electrons.